The van der Waals surface area contributed by atoms with E-state index in [1.807, 2.05) is 48.7 Å². The molecule has 26 heavy (non-hydrogen) atoms. The first-order valence-electron chi connectivity index (χ1n) is 8.56. The normalized spacial score (nSPS) is 19.3. The molecule has 2 heterocycles. The predicted molar refractivity (Wildman–Crippen MR) is 103 cm³/mol. The third-order valence-electron chi connectivity index (χ3n) is 4.30. The Morgan fingerprint density at radius 2 is 2.12 bits per heavy atom. The van der Waals surface area contributed by atoms with E-state index in [0.29, 0.717) is 6.61 Å². The highest BCUT2D eigenvalue weighted by Crippen LogP contribution is 2.22. The van der Waals surface area contributed by atoms with Crippen LogP contribution in [0, 0.1) is 0 Å². The molecule has 1 aromatic heterocycles. The summed E-state index contributed by atoms with van der Waals surface area (Å²) in [5.41, 5.74) is 1.81. The Hall–Kier alpha value is -2.09. The van der Waals surface area contributed by atoms with E-state index in [-0.39, 0.29) is 18.7 Å². The highest BCUT2D eigenvalue weighted by atomic mass is 32.2. The number of pyridine rings is 1. The van der Waals surface area contributed by atoms with Crippen molar-refractivity contribution in [2.24, 2.45) is 0 Å². The summed E-state index contributed by atoms with van der Waals surface area (Å²) in [6, 6.07) is 13.1. The number of likely N-dealkylation sites (N-methyl/N-ethyl adjacent to an activating group) is 1. The topological polar surface area (TPSA) is 74.7 Å². The van der Waals surface area contributed by atoms with E-state index in [1.54, 1.807) is 18.8 Å². The maximum atomic E-state index is 12.3. The quantitative estimate of drug-likeness (QED) is 0.762. The van der Waals surface area contributed by atoms with Crippen LogP contribution in [0.4, 0.5) is 10.5 Å². The number of ether oxygens (including phenoxy) is 1. The lowest BCUT2D eigenvalue weighted by Crippen LogP contribution is -2.45. The van der Waals surface area contributed by atoms with Gasteiger partial charge in [0, 0.05) is 35.3 Å². The highest BCUT2D eigenvalue weighted by Gasteiger charge is 2.32. The van der Waals surface area contributed by atoms with Crippen LogP contribution in [0.5, 0.6) is 0 Å². The van der Waals surface area contributed by atoms with Gasteiger partial charge in [0.15, 0.2) is 0 Å². The average molecular weight is 373 g/mol. The molecule has 2 N–H and O–H groups in total. The van der Waals surface area contributed by atoms with Crippen molar-refractivity contribution in [3.8, 4) is 0 Å². The number of urea groups is 1. The van der Waals surface area contributed by atoms with Gasteiger partial charge in [-0.25, -0.2) is 4.79 Å². The summed E-state index contributed by atoms with van der Waals surface area (Å²) >= 11 is 1.76. The van der Waals surface area contributed by atoms with Crippen LogP contribution < -0.4 is 5.32 Å². The molecule has 0 radical (unpaired) electrons. The zero-order valence-corrected chi connectivity index (χ0v) is 15.5. The van der Waals surface area contributed by atoms with Crippen LogP contribution in [0.3, 0.4) is 0 Å². The fourth-order valence-electron chi connectivity index (χ4n) is 2.72. The van der Waals surface area contributed by atoms with Gasteiger partial charge >= 0.3 is 6.03 Å². The lowest BCUT2D eigenvalue weighted by Gasteiger charge is -2.25. The Balaban J connectivity index is 1.47. The predicted octanol–water partition coefficient (Wildman–Crippen LogP) is 2.64. The number of anilines is 1. The van der Waals surface area contributed by atoms with E-state index in [2.05, 4.69) is 10.3 Å². The first kappa shape index (κ1) is 18.7. The second-order valence-corrected chi connectivity index (χ2v) is 7.33. The summed E-state index contributed by atoms with van der Waals surface area (Å²) in [6.45, 7) is 0.629. The molecule has 0 unspecified atom stereocenters. The fraction of sp³-hybridized carbons (Fsp3) is 0.368. The molecule has 6 nitrogen and oxygen atoms in total. The number of aromatic nitrogens is 1. The summed E-state index contributed by atoms with van der Waals surface area (Å²) in [5, 5.41) is 12.7. The van der Waals surface area contributed by atoms with Crippen molar-refractivity contribution in [1.29, 1.82) is 0 Å². The largest absolute Gasteiger partial charge is 0.388 e. The van der Waals surface area contributed by atoms with Gasteiger partial charge in [0.05, 0.1) is 25.4 Å². The maximum absolute atomic E-state index is 12.3. The Kier molecular flexibility index (Phi) is 6.49. The van der Waals surface area contributed by atoms with Crippen LogP contribution in [0.1, 0.15) is 5.69 Å². The summed E-state index contributed by atoms with van der Waals surface area (Å²) in [6.07, 6.45) is 2.09. The number of aliphatic hydroxyl groups is 1. The van der Waals surface area contributed by atoms with Crippen LogP contribution in [-0.2, 0) is 11.2 Å². The van der Waals surface area contributed by atoms with Crippen molar-refractivity contribution in [2.75, 3.05) is 31.3 Å². The number of hydrogen-bond donors (Lipinski definition) is 2. The molecule has 0 saturated carbocycles. The number of aryl methyl sites for hydroxylation is 1. The number of nitrogens with zero attached hydrogens (tertiary/aromatic N) is 2. The van der Waals surface area contributed by atoms with E-state index in [9.17, 15) is 9.90 Å². The van der Waals surface area contributed by atoms with Crippen LogP contribution in [0.2, 0.25) is 0 Å². The minimum Gasteiger partial charge on any atom is -0.388 e. The molecule has 7 heteroatoms. The Morgan fingerprint density at radius 1 is 1.31 bits per heavy atom. The average Bonchev–Trinajstić information content (AvgIpc) is 3.09. The third kappa shape index (κ3) is 4.97. The van der Waals surface area contributed by atoms with Crippen molar-refractivity contribution in [3.63, 3.8) is 0 Å². The lowest BCUT2D eigenvalue weighted by atomic mass is 10.2. The number of amides is 2. The van der Waals surface area contributed by atoms with Gasteiger partial charge in [0.1, 0.15) is 0 Å². The SMILES string of the molecule is CN(C(=O)Nc1ccc(SCCc2ccccn2)cc1)[C@H]1COC[C@@H]1O. The first-order chi connectivity index (χ1) is 12.6. The first-order valence-corrected chi connectivity index (χ1v) is 9.54. The molecule has 1 aromatic carbocycles. The highest BCUT2D eigenvalue weighted by molar-refractivity contribution is 7.99. The molecular weight excluding hydrogens is 350 g/mol. The molecular formula is C19H23N3O3S. The summed E-state index contributed by atoms with van der Waals surface area (Å²) in [4.78, 5) is 19.3. The number of hydrogen-bond acceptors (Lipinski definition) is 5. The van der Waals surface area contributed by atoms with Gasteiger partial charge in [-0.15, -0.1) is 11.8 Å². The van der Waals surface area contributed by atoms with Crippen LogP contribution >= 0.6 is 11.8 Å². The van der Waals surface area contributed by atoms with Gasteiger partial charge in [-0.05, 0) is 42.8 Å². The van der Waals surface area contributed by atoms with Crippen molar-refractivity contribution < 1.29 is 14.6 Å². The lowest BCUT2D eigenvalue weighted by molar-refractivity contribution is 0.106. The molecule has 1 fully saturated rings. The van der Waals surface area contributed by atoms with E-state index in [0.717, 1.165) is 28.5 Å². The Bertz CT molecular complexity index is 712. The summed E-state index contributed by atoms with van der Waals surface area (Å²) in [7, 11) is 1.67. The second kappa shape index (κ2) is 9.02. The zero-order valence-electron chi connectivity index (χ0n) is 14.7. The molecule has 2 atom stereocenters. The molecule has 138 valence electrons. The maximum Gasteiger partial charge on any atom is 0.322 e. The van der Waals surface area contributed by atoms with E-state index in [1.165, 1.54) is 4.90 Å². The second-order valence-electron chi connectivity index (χ2n) is 6.16. The standard InChI is InChI=1S/C19H23N3O3S/c1-22(17-12-25-13-18(17)23)19(24)21-15-5-7-16(8-6-15)26-11-9-14-4-2-3-10-20-14/h2-8,10,17-18,23H,9,11-13H2,1H3,(H,21,24)/t17-,18-/m0/s1. The molecule has 1 aliphatic heterocycles. The van der Waals surface area contributed by atoms with Crippen molar-refractivity contribution in [1.82, 2.24) is 9.88 Å². The molecule has 0 spiro atoms. The smallest absolute Gasteiger partial charge is 0.322 e. The molecule has 0 bridgehead atoms. The molecule has 2 amide bonds. The number of carbonyl (C=O) groups excluding carboxylic acids is 1. The van der Waals surface area contributed by atoms with Gasteiger partial charge in [-0.1, -0.05) is 6.07 Å². The number of nitrogens with one attached hydrogen (secondary N) is 1. The van der Waals surface area contributed by atoms with Crippen LogP contribution in [-0.4, -0.2) is 59.2 Å². The van der Waals surface area contributed by atoms with Gasteiger partial charge < -0.3 is 20.1 Å². The number of thioether (sulfide) groups is 1. The van der Waals surface area contributed by atoms with E-state index in [4.69, 9.17) is 4.74 Å². The van der Waals surface area contributed by atoms with Gasteiger partial charge in [-0.2, -0.15) is 0 Å². The summed E-state index contributed by atoms with van der Waals surface area (Å²) < 4.78 is 5.20. The zero-order chi connectivity index (χ0) is 18.4. The fourth-order valence-corrected chi connectivity index (χ4v) is 3.59. The molecule has 1 saturated heterocycles. The number of aliphatic hydroxyl groups excluding tert-OH is 1. The van der Waals surface area contributed by atoms with Gasteiger partial charge in [0.2, 0.25) is 0 Å². The summed E-state index contributed by atoms with van der Waals surface area (Å²) in [5.74, 6) is 0.949. The van der Waals surface area contributed by atoms with Crippen LogP contribution in [0.15, 0.2) is 53.6 Å². The van der Waals surface area contributed by atoms with E-state index >= 15 is 0 Å². The number of benzene rings is 1. The van der Waals surface area contributed by atoms with Crippen molar-refractivity contribution >= 4 is 23.5 Å². The molecule has 2 aromatic rings. The molecule has 0 aliphatic carbocycles. The number of carbonyl (C=O) groups is 1. The third-order valence-corrected chi connectivity index (χ3v) is 5.31. The Morgan fingerprint density at radius 3 is 2.77 bits per heavy atom. The van der Waals surface area contributed by atoms with Crippen molar-refractivity contribution in [2.45, 2.75) is 23.5 Å². The molecule has 3 rings (SSSR count). The monoisotopic (exact) mass is 373 g/mol. The van der Waals surface area contributed by atoms with E-state index < -0.39 is 6.10 Å². The number of rotatable bonds is 6. The minimum atomic E-state index is -0.636. The van der Waals surface area contributed by atoms with Crippen molar-refractivity contribution in [3.05, 3.63) is 54.4 Å². The van der Waals surface area contributed by atoms with Gasteiger partial charge in [0.25, 0.3) is 0 Å². The Labute approximate surface area is 157 Å². The van der Waals surface area contributed by atoms with Gasteiger partial charge in [-0.3, -0.25) is 4.98 Å². The molecule has 1 aliphatic rings. The van der Waals surface area contributed by atoms with Crippen LogP contribution in [0.25, 0.3) is 0 Å². The minimum absolute atomic E-state index is 0.255.